The van der Waals surface area contributed by atoms with Gasteiger partial charge in [0, 0.05) is 31.2 Å². The molecule has 1 aliphatic heterocycles. The Hall–Kier alpha value is -2.56. The van der Waals surface area contributed by atoms with Gasteiger partial charge in [0.1, 0.15) is 0 Å². The quantitative estimate of drug-likeness (QED) is 0.915. The molecule has 0 radical (unpaired) electrons. The summed E-state index contributed by atoms with van der Waals surface area (Å²) in [4.78, 5) is 27.9. The lowest BCUT2D eigenvalue weighted by Gasteiger charge is -2.21. The average Bonchev–Trinajstić information content (AvgIpc) is 3.14. The van der Waals surface area contributed by atoms with Gasteiger partial charge in [-0.15, -0.1) is 0 Å². The Bertz CT molecular complexity index is 733. The maximum absolute atomic E-state index is 12.2. The van der Waals surface area contributed by atoms with E-state index in [0.29, 0.717) is 0 Å². The molecule has 3 rings (SSSR count). The second kappa shape index (κ2) is 7.34. The van der Waals surface area contributed by atoms with Crippen molar-refractivity contribution in [2.75, 3.05) is 38.1 Å². The molecule has 126 valence electrons. The summed E-state index contributed by atoms with van der Waals surface area (Å²) in [5.74, 6) is -0.133. The molecule has 0 atom stereocenters. The number of carbonyl (C=O) groups excluding carboxylic acids is 2. The van der Waals surface area contributed by atoms with Gasteiger partial charge in [0.2, 0.25) is 11.8 Å². The van der Waals surface area contributed by atoms with Crippen LogP contribution in [0.1, 0.15) is 12.8 Å². The second-order valence-electron chi connectivity index (χ2n) is 6.22. The SMILES string of the molecule is CN(CC(=O)NCC(=O)N1CCCC1)c1cccc2ccccc12. The fourth-order valence-corrected chi connectivity index (χ4v) is 3.15. The van der Waals surface area contributed by atoms with Gasteiger partial charge >= 0.3 is 0 Å². The molecule has 2 aromatic rings. The summed E-state index contributed by atoms with van der Waals surface area (Å²) in [6, 6.07) is 14.2. The molecule has 0 bridgehead atoms. The lowest BCUT2D eigenvalue weighted by molar-refractivity contribution is -0.131. The number of fused-ring (bicyclic) bond motifs is 1. The maximum Gasteiger partial charge on any atom is 0.241 e. The van der Waals surface area contributed by atoms with Crippen molar-refractivity contribution in [1.29, 1.82) is 0 Å². The van der Waals surface area contributed by atoms with Crippen LogP contribution in [-0.4, -0.2) is 49.9 Å². The molecule has 1 N–H and O–H groups in total. The number of likely N-dealkylation sites (N-methyl/N-ethyl adjacent to an activating group) is 1. The lowest BCUT2D eigenvalue weighted by atomic mass is 10.1. The topological polar surface area (TPSA) is 52.7 Å². The molecule has 1 heterocycles. The van der Waals surface area contributed by atoms with E-state index in [9.17, 15) is 9.59 Å². The van der Waals surface area contributed by atoms with Crippen molar-refractivity contribution in [3.63, 3.8) is 0 Å². The number of nitrogens with zero attached hydrogens (tertiary/aromatic N) is 2. The van der Waals surface area contributed by atoms with Crippen molar-refractivity contribution in [3.8, 4) is 0 Å². The predicted molar refractivity (Wildman–Crippen MR) is 96.0 cm³/mol. The highest BCUT2D eigenvalue weighted by atomic mass is 16.2. The van der Waals surface area contributed by atoms with Crippen LogP contribution in [0.3, 0.4) is 0 Å². The minimum atomic E-state index is -0.141. The van der Waals surface area contributed by atoms with E-state index in [4.69, 9.17) is 0 Å². The molecule has 0 aliphatic carbocycles. The standard InChI is InChI=1S/C19H23N3O2/c1-21(17-10-6-8-15-7-2-3-9-16(15)17)14-18(23)20-13-19(24)22-11-4-5-12-22/h2-3,6-10H,4-5,11-14H2,1H3,(H,20,23). The number of hydrogen-bond donors (Lipinski definition) is 1. The number of rotatable bonds is 5. The number of benzene rings is 2. The molecule has 5 heteroatoms. The fourth-order valence-electron chi connectivity index (χ4n) is 3.15. The van der Waals surface area contributed by atoms with Gasteiger partial charge in [0.25, 0.3) is 0 Å². The average molecular weight is 325 g/mol. The maximum atomic E-state index is 12.2. The van der Waals surface area contributed by atoms with Gasteiger partial charge in [-0.05, 0) is 24.3 Å². The third kappa shape index (κ3) is 3.67. The summed E-state index contributed by atoms with van der Waals surface area (Å²) in [6.45, 7) is 1.93. The lowest BCUT2D eigenvalue weighted by Crippen LogP contribution is -2.42. The van der Waals surface area contributed by atoms with E-state index < -0.39 is 0 Å². The van der Waals surface area contributed by atoms with E-state index in [1.54, 1.807) is 0 Å². The molecule has 0 aromatic heterocycles. The molecular weight excluding hydrogens is 302 g/mol. The normalized spacial score (nSPS) is 14.0. The number of carbonyl (C=O) groups is 2. The molecule has 1 fully saturated rings. The summed E-state index contributed by atoms with van der Waals surface area (Å²) in [6.07, 6.45) is 2.12. The van der Waals surface area contributed by atoms with Gasteiger partial charge < -0.3 is 15.1 Å². The van der Waals surface area contributed by atoms with Crippen LogP contribution >= 0.6 is 0 Å². The zero-order chi connectivity index (χ0) is 16.9. The third-order valence-corrected chi connectivity index (χ3v) is 4.45. The Morgan fingerprint density at radius 2 is 1.79 bits per heavy atom. The first-order valence-corrected chi connectivity index (χ1v) is 8.38. The fraction of sp³-hybridized carbons (Fsp3) is 0.368. The first kappa shape index (κ1) is 16.3. The summed E-state index contributed by atoms with van der Waals surface area (Å²) in [5, 5.41) is 5.00. The minimum absolute atomic E-state index is 0.00802. The van der Waals surface area contributed by atoms with E-state index in [1.165, 1.54) is 0 Å². The molecule has 24 heavy (non-hydrogen) atoms. The van der Waals surface area contributed by atoms with Crippen molar-refractivity contribution < 1.29 is 9.59 Å². The molecule has 0 spiro atoms. The molecule has 2 amide bonds. The Kier molecular flexibility index (Phi) is 4.99. The van der Waals surface area contributed by atoms with E-state index in [-0.39, 0.29) is 24.9 Å². The minimum Gasteiger partial charge on any atom is -0.365 e. The van der Waals surface area contributed by atoms with Gasteiger partial charge in [0.15, 0.2) is 0 Å². The van der Waals surface area contributed by atoms with Crippen molar-refractivity contribution in [2.24, 2.45) is 0 Å². The number of anilines is 1. The van der Waals surface area contributed by atoms with Crippen LogP contribution in [0.15, 0.2) is 42.5 Å². The largest absolute Gasteiger partial charge is 0.365 e. The van der Waals surface area contributed by atoms with Gasteiger partial charge in [-0.1, -0.05) is 36.4 Å². The summed E-state index contributed by atoms with van der Waals surface area (Å²) >= 11 is 0. The Labute approximate surface area is 142 Å². The van der Waals surface area contributed by atoms with Crippen molar-refractivity contribution in [3.05, 3.63) is 42.5 Å². The highest BCUT2D eigenvalue weighted by Crippen LogP contribution is 2.25. The Balaban J connectivity index is 1.58. The van der Waals surface area contributed by atoms with Crippen molar-refractivity contribution >= 4 is 28.3 Å². The smallest absolute Gasteiger partial charge is 0.241 e. The van der Waals surface area contributed by atoms with Crippen molar-refractivity contribution in [1.82, 2.24) is 10.2 Å². The van der Waals surface area contributed by atoms with Crippen LogP contribution in [0.5, 0.6) is 0 Å². The van der Waals surface area contributed by atoms with E-state index >= 15 is 0 Å². The third-order valence-electron chi connectivity index (χ3n) is 4.45. The molecular formula is C19H23N3O2. The summed E-state index contributed by atoms with van der Waals surface area (Å²) < 4.78 is 0. The molecule has 1 saturated heterocycles. The van der Waals surface area contributed by atoms with Crippen LogP contribution in [0.4, 0.5) is 5.69 Å². The second-order valence-corrected chi connectivity index (χ2v) is 6.22. The molecule has 0 saturated carbocycles. The summed E-state index contributed by atoms with van der Waals surface area (Å²) in [7, 11) is 1.89. The zero-order valence-corrected chi connectivity index (χ0v) is 14.0. The van der Waals surface area contributed by atoms with Gasteiger partial charge in [0.05, 0.1) is 13.1 Å². The molecule has 1 aliphatic rings. The van der Waals surface area contributed by atoms with Crippen LogP contribution in [0.2, 0.25) is 0 Å². The number of hydrogen-bond acceptors (Lipinski definition) is 3. The first-order chi connectivity index (χ1) is 11.6. The highest BCUT2D eigenvalue weighted by molar-refractivity contribution is 5.96. The van der Waals surface area contributed by atoms with E-state index in [2.05, 4.69) is 23.5 Å². The summed E-state index contributed by atoms with van der Waals surface area (Å²) in [5.41, 5.74) is 1.01. The number of nitrogens with one attached hydrogen (secondary N) is 1. The van der Waals surface area contributed by atoms with Crippen LogP contribution in [0.25, 0.3) is 10.8 Å². The predicted octanol–water partition coefficient (Wildman–Crippen LogP) is 2.01. The van der Waals surface area contributed by atoms with E-state index in [1.807, 2.05) is 41.1 Å². The monoisotopic (exact) mass is 325 g/mol. The van der Waals surface area contributed by atoms with Crippen molar-refractivity contribution in [2.45, 2.75) is 12.8 Å². The van der Waals surface area contributed by atoms with Crippen LogP contribution in [0, 0.1) is 0 Å². The van der Waals surface area contributed by atoms with E-state index in [0.717, 1.165) is 42.4 Å². The Morgan fingerprint density at radius 1 is 1.08 bits per heavy atom. The highest BCUT2D eigenvalue weighted by Gasteiger charge is 2.18. The van der Waals surface area contributed by atoms with Crippen LogP contribution < -0.4 is 10.2 Å². The van der Waals surface area contributed by atoms with Gasteiger partial charge in [-0.3, -0.25) is 9.59 Å². The first-order valence-electron chi connectivity index (χ1n) is 8.38. The zero-order valence-electron chi connectivity index (χ0n) is 14.0. The van der Waals surface area contributed by atoms with Gasteiger partial charge in [-0.25, -0.2) is 0 Å². The molecule has 0 unspecified atom stereocenters. The number of amides is 2. The van der Waals surface area contributed by atoms with Gasteiger partial charge in [-0.2, -0.15) is 0 Å². The molecule has 2 aromatic carbocycles. The molecule has 5 nitrogen and oxygen atoms in total. The Morgan fingerprint density at radius 3 is 2.58 bits per heavy atom. The van der Waals surface area contributed by atoms with Crippen LogP contribution in [-0.2, 0) is 9.59 Å². The number of likely N-dealkylation sites (tertiary alicyclic amines) is 1.